The Kier molecular flexibility index (Phi) is 3.92. The highest BCUT2D eigenvalue weighted by Gasteiger charge is 2.47. The predicted octanol–water partition coefficient (Wildman–Crippen LogP) is 6.89. The van der Waals surface area contributed by atoms with E-state index < -0.39 is 5.92 Å². The van der Waals surface area contributed by atoms with Crippen molar-refractivity contribution in [2.45, 2.75) is 50.6 Å². The lowest BCUT2D eigenvalue weighted by Crippen LogP contribution is -2.43. The van der Waals surface area contributed by atoms with Gasteiger partial charge in [-0.15, -0.1) is 0 Å². The van der Waals surface area contributed by atoms with Crippen molar-refractivity contribution >= 4 is 11.4 Å². The zero-order valence-electron chi connectivity index (χ0n) is 18.9. The Morgan fingerprint density at radius 3 is 2.42 bits per heavy atom. The molecule has 7 rings (SSSR count). The number of hydrogen-bond acceptors (Lipinski definition) is 2. The van der Waals surface area contributed by atoms with E-state index >= 15 is 8.78 Å². The van der Waals surface area contributed by atoms with Crippen molar-refractivity contribution in [2.24, 2.45) is 10.9 Å². The monoisotopic (exact) mass is 440 g/mol. The lowest BCUT2D eigenvalue weighted by Gasteiger charge is -2.32. The average Bonchev–Trinajstić information content (AvgIpc) is 3.55. The Balaban J connectivity index is 1.22. The number of piperidine rings is 1. The fourth-order valence-electron chi connectivity index (χ4n) is 6.81. The zero-order chi connectivity index (χ0) is 22.5. The topological polar surface area (TPSA) is 15.6 Å². The van der Waals surface area contributed by atoms with Crippen molar-refractivity contribution in [3.05, 3.63) is 76.9 Å². The van der Waals surface area contributed by atoms with Gasteiger partial charge >= 0.3 is 0 Å². The second-order valence-electron chi connectivity index (χ2n) is 10.3. The molecule has 3 aromatic carbocycles. The van der Waals surface area contributed by atoms with Crippen molar-refractivity contribution in [3.8, 4) is 22.3 Å². The molecule has 0 spiro atoms. The number of halogens is 2. The van der Waals surface area contributed by atoms with E-state index in [1.54, 1.807) is 12.1 Å². The van der Waals surface area contributed by atoms with E-state index in [1.165, 1.54) is 30.5 Å². The van der Waals surface area contributed by atoms with E-state index in [-0.39, 0.29) is 11.1 Å². The third kappa shape index (κ3) is 2.70. The van der Waals surface area contributed by atoms with Crippen LogP contribution in [0.5, 0.6) is 0 Å². The van der Waals surface area contributed by atoms with E-state index in [0.717, 1.165) is 34.7 Å². The molecule has 166 valence electrons. The highest BCUT2D eigenvalue weighted by molar-refractivity contribution is 5.99. The molecule has 2 heterocycles. The van der Waals surface area contributed by atoms with Gasteiger partial charge in [0.2, 0.25) is 0 Å². The smallest absolute Gasteiger partial charge is 0.295 e. The first kappa shape index (κ1) is 19.6. The first-order chi connectivity index (χ1) is 15.9. The van der Waals surface area contributed by atoms with Crippen LogP contribution in [-0.4, -0.2) is 29.7 Å². The van der Waals surface area contributed by atoms with Crippen molar-refractivity contribution in [2.75, 3.05) is 7.05 Å². The summed E-state index contributed by atoms with van der Waals surface area (Å²) in [6.45, 7) is 1.86. The molecule has 2 nitrogen and oxygen atoms in total. The first-order valence-corrected chi connectivity index (χ1v) is 12.0. The van der Waals surface area contributed by atoms with Crippen LogP contribution in [-0.2, 0) is 12.3 Å². The minimum absolute atomic E-state index is 0.113. The van der Waals surface area contributed by atoms with Gasteiger partial charge < -0.3 is 0 Å². The summed E-state index contributed by atoms with van der Waals surface area (Å²) in [5.74, 6) is -2.23. The normalized spacial score (nSPS) is 26.3. The maximum Gasteiger partial charge on any atom is 0.299 e. The number of hydrogen-bond donors (Lipinski definition) is 0. The highest BCUT2D eigenvalue weighted by atomic mass is 19.3. The predicted molar refractivity (Wildman–Crippen MR) is 129 cm³/mol. The molecule has 2 aliphatic heterocycles. The van der Waals surface area contributed by atoms with Crippen LogP contribution < -0.4 is 0 Å². The molecule has 1 saturated heterocycles. The molecular weight excluding hydrogens is 414 g/mol. The molecule has 0 unspecified atom stereocenters. The van der Waals surface area contributed by atoms with Crippen LogP contribution in [0.1, 0.15) is 41.5 Å². The summed E-state index contributed by atoms with van der Waals surface area (Å²) in [6, 6.07) is 18.3. The molecular formula is C29H26F2N2. The molecule has 33 heavy (non-hydrogen) atoms. The summed E-state index contributed by atoms with van der Waals surface area (Å²) >= 11 is 0. The van der Waals surface area contributed by atoms with Gasteiger partial charge in [-0.25, -0.2) is 0 Å². The number of aryl methyl sites for hydroxylation is 1. The molecule has 3 aromatic rings. The van der Waals surface area contributed by atoms with Crippen LogP contribution in [0.25, 0.3) is 22.3 Å². The van der Waals surface area contributed by atoms with Gasteiger partial charge in [0.25, 0.3) is 5.92 Å². The fourth-order valence-corrected chi connectivity index (χ4v) is 6.81. The summed E-state index contributed by atoms with van der Waals surface area (Å²) in [7, 11) is 2.25. The third-order valence-electron chi connectivity index (χ3n) is 8.46. The summed E-state index contributed by atoms with van der Waals surface area (Å²) in [6.07, 6.45) is 4.79. The second-order valence-corrected chi connectivity index (χ2v) is 10.3. The van der Waals surface area contributed by atoms with Crippen LogP contribution in [0.4, 0.5) is 14.5 Å². The minimum atomic E-state index is -2.97. The van der Waals surface area contributed by atoms with Gasteiger partial charge in [0.15, 0.2) is 0 Å². The maximum absolute atomic E-state index is 15.3. The Hall–Kier alpha value is -2.85. The fraction of sp³-hybridized carbons (Fsp3) is 0.345. The van der Waals surface area contributed by atoms with E-state index in [4.69, 9.17) is 4.99 Å². The number of likely N-dealkylation sites (tertiary alicyclic amines) is 1. The molecule has 2 bridgehead atoms. The van der Waals surface area contributed by atoms with Crippen molar-refractivity contribution in [3.63, 3.8) is 0 Å². The van der Waals surface area contributed by atoms with Crippen LogP contribution in [0, 0.1) is 12.8 Å². The lowest BCUT2D eigenvalue weighted by molar-refractivity contribution is 0.0480. The van der Waals surface area contributed by atoms with Crippen molar-refractivity contribution in [1.82, 2.24) is 4.90 Å². The Labute approximate surface area is 193 Å². The summed E-state index contributed by atoms with van der Waals surface area (Å²) in [5, 5.41) is 0. The van der Waals surface area contributed by atoms with E-state index in [0.29, 0.717) is 23.2 Å². The molecule has 4 heteroatoms. The highest BCUT2D eigenvalue weighted by Crippen LogP contribution is 2.52. The van der Waals surface area contributed by atoms with E-state index in [1.807, 2.05) is 37.3 Å². The first-order valence-electron chi connectivity index (χ1n) is 12.0. The Morgan fingerprint density at radius 2 is 1.64 bits per heavy atom. The Bertz CT molecular complexity index is 1350. The summed E-state index contributed by atoms with van der Waals surface area (Å²) in [4.78, 5) is 7.54. The van der Waals surface area contributed by atoms with Crippen LogP contribution >= 0.6 is 0 Å². The van der Waals surface area contributed by atoms with Crippen LogP contribution in [0.2, 0.25) is 0 Å². The SMILES string of the molecule is Cc1ccc2c(c1)C(F)(F)c1cc(-c3ccc4c(c3)CC([C@@H]3[C@H]5CC[C@H](C5)N3C)=N4)ccc1-2. The van der Waals surface area contributed by atoms with Crippen LogP contribution in [0.15, 0.2) is 59.6 Å². The largest absolute Gasteiger partial charge is 0.299 e. The second kappa shape index (κ2) is 6.60. The summed E-state index contributed by atoms with van der Waals surface area (Å²) in [5.41, 5.74) is 7.74. The minimum Gasteiger partial charge on any atom is -0.295 e. The van der Waals surface area contributed by atoms with Crippen molar-refractivity contribution in [1.29, 1.82) is 0 Å². The van der Waals surface area contributed by atoms with Gasteiger partial charge in [0, 0.05) is 29.3 Å². The molecule has 2 fully saturated rings. The number of benzene rings is 3. The van der Waals surface area contributed by atoms with E-state index in [2.05, 4.69) is 24.1 Å². The van der Waals surface area contributed by atoms with Gasteiger partial charge in [0.05, 0.1) is 11.7 Å². The molecule has 1 saturated carbocycles. The lowest BCUT2D eigenvalue weighted by atomic mass is 9.91. The summed E-state index contributed by atoms with van der Waals surface area (Å²) < 4.78 is 30.7. The van der Waals surface area contributed by atoms with E-state index in [9.17, 15) is 0 Å². The molecule has 0 aromatic heterocycles. The standard InChI is InChI=1S/C29H26F2N2/c1-16-3-8-22-23-9-5-18(14-25(23)29(30,31)24(22)11-16)17-6-10-26-20(12-17)15-27(32-26)28-19-4-7-21(13-19)33(28)2/h3,5-6,8-12,14,19,21,28H,4,7,13,15H2,1-2H3/t19-,21+,28-/m0/s1. The molecule has 0 amide bonds. The zero-order valence-corrected chi connectivity index (χ0v) is 18.9. The molecule has 2 aliphatic carbocycles. The molecule has 3 atom stereocenters. The number of aliphatic imine (C=N–C) groups is 1. The van der Waals surface area contributed by atoms with Gasteiger partial charge in [-0.1, -0.05) is 35.9 Å². The number of fused-ring (bicyclic) bond motifs is 6. The average molecular weight is 441 g/mol. The number of alkyl halides is 2. The molecule has 0 N–H and O–H groups in total. The Morgan fingerprint density at radius 1 is 0.909 bits per heavy atom. The maximum atomic E-state index is 15.3. The number of rotatable bonds is 2. The van der Waals surface area contributed by atoms with Gasteiger partial charge in [-0.3, -0.25) is 9.89 Å². The van der Waals surface area contributed by atoms with Gasteiger partial charge in [0.1, 0.15) is 0 Å². The van der Waals surface area contributed by atoms with Gasteiger partial charge in [-0.2, -0.15) is 8.78 Å². The third-order valence-corrected chi connectivity index (χ3v) is 8.46. The molecule has 4 aliphatic rings. The van der Waals surface area contributed by atoms with Gasteiger partial charge in [-0.05, 0) is 91.2 Å². The van der Waals surface area contributed by atoms with Crippen LogP contribution in [0.3, 0.4) is 0 Å². The quantitative estimate of drug-likeness (QED) is 0.423. The number of nitrogens with zero attached hydrogens (tertiary/aromatic N) is 2. The molecule has 0 radical (unpaired) electrons. The van der Waals surface area contributed by atoms with Crippen molar-refractivity contribution < 1.29 is 8.78 Å².